The Morgan fingerprint density at radius 3 is 2.31 bits per heavy atom. The van der Waals surface area contributed by atoms with Gasteiger partial charge in [-0.1, -0.05) is 32.0 Å². The average molecular weight is 289 g/mol. The second-order valence-electron chi connectivity index (χ2n) is 3.56. The van der Waals surface area contributed by atoms with Gasteiger partial charge in [-0.2, -0.15) is 0 Å². The molecule has 1 aromatic rings. The standard InChI is InChI=1S/C11H16IN/c1-8(2)13-9(3)10-6-4-5-7-11(10)12/h4-9,13H,1-3H3/t9-/m0/s1. The first kappa shape index (κ1) is 11.0. The second kappa shape index (κ2) is 4.96. The Balaban J connectivity index is 2.76. The van der Waals surface area contributed by atoms with Crippen molar-refractivity contribution in [2.45, 2.75) is 32.9 Å². The first-order valence-electron chi connectivity index (χ1n) is 4.61. The highest BCUT2D eigenvalue weighted by atomic mass is 127. The fourth-order valence-electron chi connectivity index (χ4n) is 1.42. The van der Waals surface area contributed by atoms with E-state index in [1.807, 2.05) is 0 Å². The molecule has 0 aliphatic carbocycles. The summed E-state index contributed by atoms with van der Waals surface area (Å²) in [6, 6.07) is 9.47. The van der Waals surface area contributed by atoms with Crippen molar-refractivity contribution in [1.29, 1.82) is 0 Å². The van der Waals surface area contributed by atoms with E-state index in [2.05, 4.69) is 72.9 Å². The van der Waals surface area contributed by atoms with E-state index in [9.17, 15) is 0 Å². The summed E-state index contributed by atoms with van der Waals surface area (Å²) in [6.45, 7) is 6.55. The summed E-state index contributed by atoms with van der Waals surface area (Å²) in [4.78, 5) is 0. The Hall–Kier alpha value is -0.0900. The van der Waals surface area contributed by atoms with Crippen LogP contribution in [0, 0.1) is 3.57 Å². The molecule has 0 radical (unpaired) electrons. The van der Waals surface area contributed by atoms with Gasteiger partial charge in [0.1, 0.15) is 0 Å². The van der Waals surface area contributed by atoms with E-state index >= 15 is 0 Å². The Bertz CT molecular complexity index is 271. The van der Waals surface area contributed by atoms with Crippen molar-refractivity contribution in [1.82, 2.24) is 5.32 Å². The Labute approximate surface area is 94.1 Å². The van der Waals surface area contributed by atoms with Crippen LogP contribution in [0.15, 0.2) is 24.3 Å². The second-order valence-corrected chi connectivity index (χ2v) is 4.73. The molecule has 0 saturated carbocycles. The van der Waals surface area contributed by atoms with Crippen molar-refractivity contribution < 1.29 is 0 Å². The molecule has 1 atom stereocenters. The largest absolute Gasteiger partial charge is 0.308 e. The highest BCUT2D eigenvalue weighted by molar-refractivity contribution is 14.1. The molecular formula is C11H16IN. The molecular weight excluding hydrogens is 273 g/mol. The molecule has 72 valence electrons. The fraction of sp³-hybridized carbons (Fsp3) is 0.455. The predicted octanol–water partition coefficient (Wildman–Crippen LogP) is 3.35. The van der Waals surface area contributed by atoms with E-state index in [1.165, 1.54) is 9.13 Å². The van der Waals surface area contributed by atoms with Gasteiger partial charge in [-0.3, -0.25) is 0 Å². The van der Waals surface area contributed by atoms with Crippen LogP contribution in [-0.4, -0.2) is 6.04 Å². The molecule has 13 heavy (non-hydrogen) atoms. The molecule has 0 bridgehead atoms. The van der Waals surface area contributed by atoms with Gasteiger partial charge in [0, 0.05) is 15.7 Å². The maximum Gasteiger partial charge on any atom is 0.0304 e. The van der Waals surface area contributed by atoms with Crippen LogP contribution >= 0.6 is 22.6 Å². The summed E-state index contributed by atoms with van der Waals surface area (Å²) in [5.41, 5.74) is 1.39. The maximum atomic E-state index is 3.50. The lowest BCUT2D eigenvalue weighted by Crippen LogP contribution is -2.26. The first-order chi connectivity index (χ1) is 6.11. The normalized spacial score (nSPS) is 13.3. The van der Waals surface area contributed by atoms with Crippen LogP contribution in [0.3, 0.4) is 0 Å². The van der Waals surface area contributed by atoms with E-state index in [1.54, 1.807) is 0 Å². The molecule has 0 aliphatic heterocycles. The number of hydrogen-bond donors (Lipinski definition) is 1. The number of nitrogens with one attached hydrogen (secondary N) is 1. The average Bonchev–Trinajstić information content (AvgIpc) is 2.03. The smallest absolute Gasteiger partial charge is 0.0304 e. The van der Waals surface area contributed by atoms with E-state index in [0.29, 0.717) is 12.1 Å². The summed E-state index contributed by atoms with van der Waals surface area (Å²) in [5.74, 6) is 0. The van der Waals surface area contributed by atoms with Gasteiger partial charge >= 0.3 is 0 Å². The molecule has 0 aromatic heterocycles. The Morgan fingerprint density at radius 1 is 1.15 bits per heavy atom. The molecule has 0 fully saturated rings. The topological polar surface area (TPSA) is 12.0 Å². The molecule has 1 rings (SSSR count). The Morgan fingerprint density at radius 2 is 1.77 bits per heavy atom. The number of benzene rings is 1. The minimum absolute atomic E-state index is 0.438. The van der Waals surface area contributed by atoms with Crippen molar-refractivity contribution in [3.05, 3.63) is 33.4 Å². The van der Waals surface area contributed by atoms with Crippen LogP contribution in [0.2, 0.25) is 0 Å². The lowest BCUT2D eigenvalue weighted by atomic mass is 10.1. The molecule has 0 heterocycles. The van der Waals surface area contributed by atoms with E-state index in [0.717, 1.165) is 0 Å². The third-order valence-corrected chi connectivity index (χ3v) is 2.94. The van der Waals surface area contributed by atoms with Gasteiger partial charge < -0.3 is 5.32 Å². The summed E-state index contributed by atoms with van der Waals surface area (Å²) < 4.78 is 1.33. The lowest BCUT2D eigenvalue weighted by Gasteiger charge is -2.18. The third kappa shape index (κ3) is 3.27. The summed E-state index contributed by atoms with van der Waals surface area (Å²) >= 11 is 2.38. The third-order valence-electron chi connectivity index (χ3n) is 1.96. The minimum Gasteiger partial charge on any atom is -0.308 e. The molecule has 0 amide bonds. The van der Waals surface area contributed by atoms with Crippen molar-refractivity contribution in [3.8, 4) is 0 Å². The van der Waals surface area contributed by atoms with Gasteiger partial charge in [0.2, 0.25) is 0 Å². The quantitative estimate of drug-likeness (QED) is 0.841. The van der Waals surface area contributed by atoms with E-state index < -0.39 is 0 Å². The highest BCUT2D eigenvalue weighted by Gasteiger charge is 2.08. The zero-order valence-corrected chi connectivity index (χ0v) is 10.5. The van der Waals surface area contributed by atoms with Crippen LogP contribution < -0.4 is 5.32 Å². The fourth-order valence-corrected chi connectivity index (χ4v) is 2.27. The minimum atomic E-state index is 0.438. The molecule has 1 aromatic carbocycles. The first-order valence-corrected chi connectivity index (χ1v) is 5.69. The van der Waals surface area contributed by atoms with Crippen molar-refractivity contribution >= 4 is 22.6 Å². The van der Waals surface area contributed by atoms with Gasteiger partial charge in [-0.15, -0.1) is 0 Å². The van der Waals surface area contributed by atoms with Crippen molar-refractivity contribution in [2.24, 2.45) is 0 Å². The molecule has 0 aliphatic rings. The molecule has 0 saturated heterocycles. The monoisotopic (exact) mass is 289 g/mol. The lowest BCUT2D eigenvalue weighted by molar-refractivity contribution is 0.505. The van der Waals surface area contributed by atoms with Crippen molar-refractivity contribution in [3.63, 3.8) is 0 Å². The molecule has 2 heteroatoms. The summed E-state index contributed by atoms with van der Waals surface area (Å²) in [6.07, 6.45) is 0. The molecule has 1 nitrogen and oxygen atoms in total. The van der Waals surface area contributed by atoms with Gasteiger partial charge in [0.15, 0.2) is 0 Å². The van der Waals surface area contributed by atoms with E-state index in [-0.39, 0.29) is 0 Å². The van der Waals surface area contributed by atoms with Crippen LogP contribution in [0.25, 0.3) is 0 Å². The van der Waals surface area contributed by atoms with Crippen LogP contribution in [0.1, 0.15) is 32.4 Å². The van der Waals surface area contributed by atoms with Gasteiger partial charge in [-0.05, 0) is 41.1 Å². The Kier molecular flexibility index (Phi) is 4.19. The summed E-state index contributed by atoms with van der Waals surface area (Å²) in [7, 11) is 0. The van der Waals surface area contributed by atoms with Crippen LogP contribution in [0.4, 0.5) is 0 Å². The summed E-state index contributed by atoms with van der Waals surface area (Å²) in [5, 5.41) is 3.50. The van der Waals surface area contributed by atoms with Gasteiger partial charge in [0.25, 0.3) is 0 Å². The zero-order valence-electron chi connectivity index (χ0n) is 8.34. The number of rotatable bonds is 3. The maximum absolute atomic E-state index is 3.50. The molecule has 0 spiro atoms. The SMILES string of the molecule is CC(C)N[C@@H](C)c1ccccc1I. The van der Waals surface area contributed by atoms with Gasteiger partial charge in [-0.25, -0.2) is 0 Å². The highest BCUT2D eigenvalue weighted by Crippen LogP contribution is 2.19. The van der Waals surface area contributed by atoms with Crippen molar-refractivity contribution in [2.75, 3.05) is 0 Å². The predicted molar refractivity (Wildman–Crippen MR) is 65.8 cm³/mol. The van der Waals surface area contributed by atoms with Crippen LogP contribution in [0.5, 0.6) is 0 Å². The van der Waals surface area contributed by atoms with E-state index in [4.69, 9.17) is 0 Å². The zero-order chi connectivity index (χ0) is 9.84. The van der Waals surface area contributed by atoms with Gasteiger partial charge in [0.05, 0.1) is 0 Å². The van der Waals surface area contributed by atoms with Crippen LogP contribution in [-0.2, 0) is 0 Å². The molecule has 1 N–H and O–H groups in total. The number of hydrogen-bond acceptors (Lipinski definition) is 1. The molecule has 0 unspecified atom stereocenters. The number of halogens is 1.